The molecule has 4 aromatic rings. The fourth-order valence-electron chi connectivity index (χ4n) is 3.71. The number of aromatic nitrogens is 8. The molecule has 0 spiro atoms. The van der Waals surface area contributed by atoms with Gasteiger partial charge in [-0.15, -0.1) is 0 Å². The summed E-state index contributed by atoms with van der Waals surface area (Å²) in [6.07, 6.45) is -4.41. The number of nitrogens with zero attached hydrogens (tertiary/aromatic N) is 6. The Morgan fingerprint density at radius 1 is 0.850 bits per heavy atom. The molecule has 214 valence electrons. The van der Waals surface area contributed by atoms with Crippen LogP contribution in [0.1, 0.15) is 12.8 Å². The summed E-state index contributed by atoms with van der Waals surface area (Å²) in [6, 6.07) is 0. The standard InChI is InChI=1S/C20H21F4N10O5P/c21-11(22)5-9(1-3-33-7-27-13-15(33)29-19(25)31-17(13)35)38-40(37)39-10(6-12(23)24)2-4-34-8-28-14-16(34)30-20(26)32-18(14)36/h5-10,40H,1-4H2,(H3,25,29,31,35)(H3,26,30,32,36). The number of aromatic amines is 2. The number of hydrogen-bond acceptors (Lipinski definition) is 11. The van der Waals surface area contributed by atoms with Crippen LogP contribution in [0.3, 0.4) is 0 Å². The molecule has 4 heterocycles. The van der Waals surface area contributed by atoms with Crippen LogP contribution in [0.5, 0.6) is 0 Å². The van der Waals surface area contributed by atoms with Gasteiger partial charge in [-0.05, 0) is 12.8 Å². The van der Waals surface area contributed by atoms with E-state index in [1.54, 1.807) is 0 Å². The first-order valence-electron chi connectivity index (χ1n) is 11.3. The van der Waals surface area contributed by atoms with Gasteiger partial charge in [-0.3, -0.25) is 24.1 Å². The predicted molar refractivity (Wildman–Crippen MR) is 134 cm³/mol. The molecule has 0 aliphatic carbocycles. The molecular weight excluding hydrogens is 567 g/mol. The van der Waals surface area contributed by atoms with Crippen LogP contribution in [-0.2, 0) is 26.7 Å². The topological polar surface area (TPSA) is 215 Å². The maximum atomic E-state index is 13.1. The molecule has 20 heteroatoms. The monoisotopic (exact) mass is 588 g/mol. The van der Waals surface area contributed by atoms with Gasteiger partial charge in [0.25, 0.3) is 23.3 Å². The van der Waals surface area contributed by atoms with E-state index < -0.39 is 43.7 Å². The lowest BCUT2D eigenvalue weighted by molar-refractivity contribution is 0.150. The zero-order valence-electron chi connectivity index (χ0n) is 20.2. The van der Waals surface area contributed by atoms with Crippen molar-refractivity contribution in [2.75, 3.05) is 11.5 Å². The van der Waals surface area contributed by atoms with E-state index in [9.17, 15) is 31.7 Å². The number of rotatable bonds is 12. The minimum absolute atomic E-state index is 0.0353. The summed E-state index contributed by atoms with van der Waals surface area (Å²) < 4.78 is 77.7. The molecule has 6 N–H and O–H groups in total. The Balaban J connectivity index is 1.43. The molecule has 0 saturated heterocycles. The molecule has 0 saturated carbocycles. The third-order valence-electron chi connectivity index (χ3n) is 5.41. The number of fused-ring (bicyclic) bond motifs is 2. The maximum absolute atomic E-state index is 13.1. The van der Waals surface area contributed by atoms with Crippen molar-refractivity contribution < 1.29 is 31.2 Å². The van der Waals surface area contributed by atoms with Crippen molar-refractivity contribution in [3.8, 4) is 0 Å². The maximum Gasteiger partial charge on any atom is 0.320 e. The SMILES string of the molecule is Nc1nc2c(ncn2CCC(C=C(F)F)O[PH](=O)OC(C=C(F)F)CCn2cnc3c(=O)[nH]c(N)nc32)c(=O)[nH]1. The highest BCUT2D eigenvalue weighted by Gasteiger charge is 2.20. The molecule has 0 aliphatic heterocycles. The summed E-state index contributed by atoms with van der Waals surface area (Å²) in [7, 11) is -3.60. The Morgan fingerprint density at radius 3 is 1.62 bits per heavy atom. The van der Waals surface area contributed by atoms with E-state index in [1.165, 1.54) is 21.8 Å². The molecule has 2 unspecified atom stereocenters. The molecule has 40 heavy (non-hydrogen) atoms. The molecule has 4 rings (SSSR count). The zero-order valence-corrected chi connectivity index (χ0v) is 21.2. The van der Waals surface area contributed by atoms with E-state index in [1.807, 2.05) is 0 Å². The van der Waals surface area contributed by atoms with Crippen LogP contribution >= 0.6 is 8.25 Å². The first-order chi connectivity index (χ1) is 19.0. The second-order valence-corrected chi connectivity index (χ2v) is 9.15. The minimum Gasteiger partial charge on any atom is -0.369 e. The smallest absolute Gasteiger partial charge is 0.320 e. The van der Waals surface area contributed by atoms with E-state index >= 15 is 0 Å². The fourth-order valence-corrected chi connectivity index (χ4v) is 4.63. The van der Waals surface area contributed by atoms with E-state index in [-0.39, 0.29) is 60.2 Å². The van der Waals surface area contributed by atoms with Crippen LogP contribution in [-0.4, -0.2) is 51.2 Å². The van der Waals surface area contributed by atoms with E-state index in [4.69, 9.17) is 20.5 Å². The number of hydrogen-bond donors (Lipinski definition) is 4. The summed E-state index contributed by atoms with van der Waals surface area (Å²) in [5.41, 5.74) is 9.97. The number of imidazole rings is 2. The average Bonchev–Trinajstić information content (AvgIpc) is 3.44. The van der Waals surface area contributed by atoms with Gasteiger partial charge in [0, 0.05) is 25.2 Å². The lowest BCUT2D eigenvalue weighted by Gasteiger charge is -2.18. The number of H-pyrrole nitrogens is 2. The second-order valence-electron chi connectivity index (χ2n) is 8.18. The molecule has 0 aromatic carbocycles. The molecule has 0 radical (unpaired) electrons. The van der Waals surface area contributed by atoms with E-state index in [0.717, 1.165) is 0 Å². The van der Waals surface area contributed by atoms with Crippen molar-refractivity contribution in [1.82, 2.24) is 39.0 Å². The van der Waals surface area contributed by atoms with Crippen LogP contribution in [0.25, 0.3) is 22.3 Å². The molecule has 0 aliphatic rings. The molecule has 4 aromatic heterocycles. The normalized spacial score (nSPS) is 13.8. The third-order valence-corrected chi connectivity index (χ3v) is 6.40. The molecule has 15 nitrogen and oxygen atoms in total. The van der Waals surface area contributed by atoms with Crippen LogP contribution in [0, 0.1) is 0 Å². The van der Waals surface area contributed by atoms with Crippen molar-refractivity contribution in [2.24, 2.45) is 0 Å². The number of nitrogens with one attached hydrogen (secondary N) is 2. The lowest BCUT2D eigenvalue weighted by atomic mass is 10.2. The Kier molecular flexibility index (Phi) is 8.76. The van der Waals surface area contributed by atoms with Crippen molar-refractivity contribution in [2.45, 2.75) is 38.1 Å². The van der Waals surface area contributed by atoms with Crippen LogP contribution in [0.4, 0.5) is 29.5 Å². The quantitative estimate of drug-likeness (QED) is 0.138. The van der Waals surface area contributed by atoms with Gasteiger partial charge in [0.15, 0.2) is 22.3 Å². The van der Waals surface area contributed by atoms with Crippen molar-refractivity contribution >= 4 is 42.5 Å². The number of nitrogens with two attached hydrogens (primary N) is 2. The average molecular weight is 588 g/mol. The van der Waals surface area contributed by atoms with Crippen molar-refractivity contribution in [3.05, 3.63) is 57.7 Å². The van der Waals surface area contributed by atoms with Crippen molar-refractivity contribution in [1.29, 1.82) is 0 Å². The largest absolute Gasteiger partial charge is 0.369 e. The first-order valence-corrected chi connectivity index (χ1v) is 12.6. The molecule has 0 fully saturated rings. The summed E-state index contributed by atoms with van der Waals surface area (Å²) >= 11 is 0. The van der Waals surface area contributed by atoms with Gasteiger partial charge in [0.1, 0.15) is 0 Å². The summed E-state index contributed by atoms with van der Waals surface area (Å²) in [4.78, 5) is 44.1. The summed E-state index contributed by atoms with van der Waals surface area (Å²) in [6.45, 7) is -0.136. The Bertz CT molecular complexity index is 1600. The van der Waals surface area contributed by atoms with Crippen LogP contribution < -0.4 is 22.6 Å². The van der Waals surface area contributed by atoms with Gasteiger partial charge < -0.3 is 29.6 Å². The molecule has 0 amide bonds. The number of halogens is 4. The number of aryl methyl sites for hydroxylation is 2. The molecular formula is C20H21F4N10O5P. The van der Waals surface area contributed by atoms with Gasteiger partial charge in [-0.25, -0.2) is 9.97 Å². The van der Waals surface area contributed by atoms with Gasteiger partial charge in [-0.1, -0.05) is 0 Å². The predicted octanol–water partition coefficient (Wildman–Crippen LogP) is 1.92. The highest BCUT2D eigenvalue weighted by Crippen LogP contribution is 2.32. The fraction of sp³-hybridized carbons (Fsp3) is 0.300. The van der Waals surface area contributed by atoms with Crippen molar-refractivity contribution in [3.63, 3.8) is 0 Å². The van der Waals surface area contributed by atoms with E-state index in [0.29, 0.717) is 12.2 Å². The second kappa shape index (κ2) is 12.2. The Labute approximate surface area is 220 Å². The third kappa shape index (κ3) is 6.99. The Hall–Kier alpha value is -4.35. The zero-order chi connectivity index (χ0) is 29.0. The molecule has 2 atom stereocenters. The number of nitrogen functional groups attached to an aromatic ring is 2. The minimum atomic E-state index is -3.60. The van der Waals surface area contributed by atoms with Gasteiger partial charge in [-0.2, -0.15) is 27.5 Å². The van der Waals surface area contributed by atoms with E-state index in [2.05, 4.69) is 29.9 Å². The molecule has 0 bridgehead atoms. The van der Waals surface area contributed by atoms with Gasteiger partial charge in [0.05, 0.1) is 24.9 Å². The Morgan fingerprint density at radius 2 is 1.25 bits per heavy atom. The van der Waals surface area contributed by atoms with Crippen LogP contribution in [0.15, 0.2) is 46.6 Å². The van der Waals surface area contributed by atoms with Crippen LogP contribution in [0.2, 0.25) is 0 Å². The highest BCUT2D eigenvalue weighted by molar-refractivity contribution is 7.33. The highest BCUT2D eigenvalue weighted by atomic mass is 31.1. The van der Waals surface area contributed by atoms with Gasteiger partial charge in [0.2, 0.25) is 11.9 Å². The first kappa shape index (κ1) is 28.7. The van der Waals surface area contributed by atoms with Gasteiger partial charge >= 0.3 is 8.25 Å². The summed E-state index contributed by atoms with van der Waals surface area (Å²) in [5.74, 6) is -0.372. The number of anilines is 2. The lowest BCUT2D eigenvalue weighted by Crippen LogP contribution is -2.16. The summed E-state index contributed by atoms with van der Waals surface area (Å²) in [5, 5.41) is 0.